The van der Waals surface area contributed by atoms with Crippen molar-refractivity contribution in [1.29, 1.82) is 0 Å². The highest BCUT2D eigenvalue weighted by molar-refractivity contribution is 8.16. The Labute approximate surface area is 468 Å². The highest BCUT2D eigenvalue weighted by Crippen LogP contribution is 2.33. The fourth-order valence-electron chi connectivity index (χ4n) is 9.11. The molecule has 0 radical (unpaired) electrons. The number of carbonyl (C=O) groups is 9. The molecule has 2 bridgehead atoms. The average molecular weight is 1130 g/mol. The second-order valence-corrected chi connectivity index (χ2v) is 22.4. The number of aliphatic imine (C=N–C) groups is 2. The number of cyclic esters (lactones) is 1. The number of aliphatic hydroxyl groups is 1. The van der Waals surface area contributed by atoms with Crippen molar-refractivity contribution in [3.05, 3.63) is 60.4 Å². The highest BCUT2D eigenvalue weighted by atomic mass is 32.2. The fourth-order valence-corrected chi connectivity index (χ4v) is 11.7. The van der Waals surface area contributed by atoms with Gasteiger partial charge < -0.3 is 55.4 Å². The molecular weight excluding hydrogens is 1060 g/mol. The Morgan fingerprint density at radius 1 is 0.797 bits per heavy atom. The average Bonchev–Trinajstić information content (AvgIpc) is 3.42. The van der Waals surface area contributed by atoms with Gasteiger partial charge in [-0.25, -0.2) is 14.8 Å². The minimum absolute atomic E-state index is 0.101. The first kappa shape index (κ1) is 62.8. The molecule has 8 amide bonds. The third-order valence-electron chi connectivity index (χ3n) is 13.6. The van der Waals surface area contributed by atoms with E-state index in [-0.39, 0.29) is 23.6 Å². The number of hydrogen-bond acceptors (Lipinski definition) is 18. The molecule has 2 fully saturated rings. The second-order valence-electron chi connectivity index (χ2n) is 19.9. The molecule has 24 nitrogen and oxygen atoms in total. The number of ether oxygens (including phenoxy) is 2. The maximum atomic E-state index is 15.2. The lowest BCUT2D eigenvalue weighted by Gasteiger charge is -2.40. The van der Waals surface area contributed by atoms with Crippen LogP contribution in [0.25, 0.3) is 11.0 Å². The smallest absolute Gasteiger partial charge is 0.329 e. The third-order valence-corrected chi connectivity index (χ3v) is 16.4. The van der Waals surface area contributed by atoms with E-state index in [0.29, 0.717) is 22.4 Å². The van der Waals surface area contributed by atoms with Crippen LogP contribution in [0.2, 0.25) is 0 Å². The molecule has 0 saturated carbocycles. The Kier molecular flexibility index (Phi) is 22.4. The Morgan fingerprint density at radius 2 is 1.39 bits per heavy atom. The first-order valence-corrected chi connectivity index (χ1v) is 27.9. The Bertz CT molecular complexity index is 2800. The summed E-state index contributed by atoms with van der Waals surface area (Å²) in [7, 11) is 5.48. The fraction of sp³-hybridized carbons (Fsp3) is 0.528. The van der Waals surface area contributed by atoms with Crippen LogP contribution in [0.15, 0.2) is 64.7 Å². The number of aromatic nitrogens is 2. The molecule has 3 heterocycles. The summed E-state index contributed by atoms with van der Waals surface area (Å²) in [5.74, 6) is -8.64. The van der Waals surface area contributed by atoms with Crippen LogP contribution < -0.4 is 21.3 Å². The lowest BCUT2D eigenvalue weighted by Crippen LogP contribution is -2.61. The quantitative estimate of drug-likeness (QED) is 0.150. The van der Waals surface area contributed by atoms with E-state index in [1.165, 1.54) is 60.1 Å². The number of likely N-dealkylation sites (N-methyl/N-ethyl adjacent to an activating group) is 4. The van der Waals surface area contributed by atoms with E-state index >= 15 is 9.59 Å². The maximum Gasteiger partial charge on any atom is 0.329 e. The monoisotopic (exact) mass is 1130 g/mol. The van der Waals surface area contributed by atoms with Crippen LogP contribution >= 0.6 is 23.5 Å². The van der Waals surface area contributed by atoms with Crippen LogP contribution in [0.5, 0.6) is 0 Å². The normalized spacial score (nSPS) is 26.4. The van der Waals surface area contributed by atoms with Crippen molar-refractivity contribution in [3.63, 3.8) is 0 Å². The van der Waals surface area contributed by atoms with E-state index in [1.54, 1.807) is 82.5 Å². The lowest BCUT2D eigenvalue weighted by molar-refractivity contribution is -0.172. The first-order chi connectivity index (χ1) is 37.3. The zero-order chi connectivity index (χ0) is 58.6. The molecule has 5 rings (SSSR count). The Balaban J connectivity index is 1.61. The van der Waals surface area contributed by atoms with Crippen LogP contribution in [0.3, 0.4) is 0 Å². The van der Waals surface area contributed by atoms with E-state index in [0.717, 1.165) is 38.2 Å². The zero-order valence-corrected chi connectivity index (χ0v) is 48.1. The van der Waals surface area contributed by atoms with Gasteiger partial charge in [0.2, 0.25) is 35.4 Å². The number of hydrogen-bond donors (Lipinski definition) is 5. The summed E-state index contributed by atoms with van der Waals surface area (Å²) in [6.07, 6.45) is 0.778. The number of benzene rings is 2. The number of rotatable bonds is 9. The maximum absolute atomic E-state index is 15.2. The molecule has 26 heteroatoms. The molecule has 428 valence electrons. The van der Waals surface area contributed by atoms with Gasteiger partial charge in [0.05, 0.1) is 52.4 Å². The van der Waals surface area contributed by atoms with Crippen molar-refractivity contribution in [3.8, 4) is 0 Å². The molecule has 0 aliphatic carbocycles. The predicted molar refractivity (Wildman–Crippen MR) is 300 cm³/mol. The van der Waals surface area contributed by atoms with E-state index < -0.39 is 137 Å². The number of para-hydroxylation sites is 4. The highest BCUT2D eigenvalue weighted by Gasteiger charge is 2.45. The van der Waals surface area contributed by atoms with Gasteiger partial charge in [-0.3, -0.25) is 48.3 Å². The molecule has 2 saturated heterocycles. The Morgan fingerprint density at radius 3 is 2.00 bits per heavy atom. The molecule has 79 heavy (non-hydrogen) atoms. The standard InChI is InChI=1S/C53H72N12O12S2/c1-27(2)40-51(74)76-23-22-36(60-45(68)37-24-55-33-19-15-17-21-35(33)59-37)44(67)57-30(6)47(70)62(9)39-26-79-53(78-13)42(50(73)64(40)11)65(12)48(71)31(7)58-46(69)38(25-77-52(75)41(28(3)4)63(10)49(39)72)61-43(66)29(5)56-34-20-16-14-18-32(34)54-8/h14-21,24,27-28,30-31,36,38-42,52-53,75H,8,22-23,25-26H2,1-7,9-13H3,(H,57,67)(H,58,69)(H,60,68)(H,61,66)/t30-,31-,36+,38+,39-,40-,41-,42-,52?,53?/m0/s1. The lowest BCUT2D eigenvalue weighted by atomic mass is 10.0. The van der Waals surface area contributed by atoms with Gasteiger partial charge in [0.25, 0.3) is 11.8 Å². The summed E-state index contributed by atoms with van der Waals surface area (Å²) < 4.78 is 10.8. The van der Waals surface area contributed by atoms with E-state index in [9.17, 15) is 38.7 Å². The number of aliphatic hydroxyl groups excluding tert-OH is 1. The summed E-state index contributed by atoms with van der Waals surface area (Å²) in [6, 6.07) is 2.46. The number of nitrogens with zero attached hydrogens (tertiary/aromatic N) is 8. The van der Waals surface area contributed by atoms with Crippen LogP contribution in [-0.4, -0.2) is 213 Å². The third kappa shape index (κ3) is 15.4. The van der Waals surface area contributed by atoms with E-state index in [4.69, 9.17) is 9.47 Å². The summed E-state index contributed by atoms with van der Waals surface area (Å²) in [5.41, 5.74) is 1.39. The van der Waals surface area contributed by atoms with Crippen molar-refractivity contribution in [2.24, 2.45) is 21.8 Å². The molecule has 5 N–H and O–H groups in total. The van der Waals surface area contributed by atoms with Crippen molar-refractivity contribution >= 4 is 112 Å². The Hall–Kier alpha value is -7.03. The number of fused-ring (bicyclic) bond motifs is 5. The molecule has 2 aliphatic heterocycles. The second kappa shape index (κ2) is 28.2. The number of thioether (sulfide) groups is 2. The largest absolute Gasteiger partial charge is 0.464 e. The summed E-state index contributed by atoms with van der Waals surface area (Å²) in [5, 5.41) is 22.3. The summed E-state index contributed by atoms with van der Waals surface area (Å²) in [6.45, 7) is 13.3. The predicted octanol–water partition coefficient (Wildman–Crippen LogP) is 1.68. The van der Waals surface area contributed by atoms with Gasteiger partial charge in [-0.2, -0.15) is 0 Å². The summed E-state index contributed by atoms with van der Waals surface area (Å²) in [4.78, 5) is 152. The minimum Gasteiger partial charge on any atom is -0.464 e. The molecular formula is C53H72N12O12S2. The van der Waals surface area contributed by atoms with Crippen LogP contribution in [0.1, 0.15) is 65.4 Å². The first-order valence-electron chi connectivity index (χ1n) is 25.6. The van der Waals surface area contributed by atoms with Crippen LogP contribution in [-0.2, 0) is 47.8 Å². The van der Waals surface area contributed by atoms with Crippen LogP contribution in [0.4, 0.5) is 11.4 Å². The number of nitrogens with one attached hydrogen (secondary N) is 4. The van der Waals surface area contributed by atoms with Gasteiger partial charge in [0.1, 0.15) is 53.7 Å². The number of amides is 8. The van der Waals surface area contributed by atoms with Gasteiger partial charge in [-0.05, 0) is 69.8 Å². The van der Waals surface area contributed by atoms with E-state index in [2.05, 4.69) is 47.9 Å². The SMILES string of the molecule is C=Nc1ccccc1N=C(C)C(=O)N[C@@H]1COC(O)[C@H](C(C)C)N(C)C(=O)[C@@H]2CSC(SC)[C@H](C(=O)N(C)[C@@H](C(C)C)C(=O)OCC[C@@H](NC(=O)c3cnc4ccccc4n3)C(=O)N[C@@H](C)C(=O)N2C)N(C)C(=O)[C@H](C)NC1=O. The van der Waals surface area contributed by atoms with Crippen LogP contribution in [0, 0.1) is 11.8 Å². The van der Waals surface area contributed by atoms with Crippen molar-refractivity contribution in [1.82, 2.24) is 50.8 Å². The molecule has 2 aromatic carbocycles. The van der Waals surface area contributed by atoms with Crippen molar-refractivity contribution in [2.75, 3.05) is 53.4 Å². The molecule has 2 unspecified atom stereocenters. The van der Waals surface area contributed by atoms with Gasteiger partial charge in [0.15, 0.2) is 6.29 Å². The molecule has 2 aliphatic rings. The molecule has 1 aromatic heterocycles. The minimum atomic E-state index is -1.82. The van der Waals surface area contributed by atoms with Gasteiger partial charge >= 0.3 is 5.97 Å². The zero-order valence-electron chi connectivity index (χ0n) is 46.5. The van der Waals surface area contributed by atoms with Gasteiger partial charge in [0, 0.05) is 40.4 Å². The van der Waals surface area contributed by atoms with Gasteiger partial charge in [-0.15, -0.1) is 23.5 Å². The van der Waals surface area contributed by atoms with E-state index in [1.807, 2.05) is 0 Å². The molecule has 10 atom stereocenters. The van der Waals surface area contributed by atoms with Gasteiger partial charge in [-0.1, -0.05) is 52.0 Å². The molecule has 0 spiro atoms. The van der Waals surface area contributed by atoms with Crippen molar-refractivity contribution in [2.45, 2.75) is 114 Å². The summed E-state index contributed by atoms with van der Waals surface area (Å²) >= 11 is 2.20. The molecule has 3 aromatic rings. The topological polar surface area (TPSA) is 304 Å². The number of esters is 1. The number of carbonyl (C=O) groups excluding carboxylic acids is 9. The van der Waals surface area contributed by atoms with Crippen molar-refractivity contribution < 1.29 is 57.7 Å².